The molecule has 0 amide bonds. The topological polar surface area (TPSA) is 74.3 Å². The first kappa shape index (κ1) is 18.9. The number of nitrogens with zero attached hydrogens (tertiary/aromatic N) is 5. The fraction of sp³-hybridized carbons (Fsp3) is 0.381. The van der Waals surface area contributed by atoms with Crippen molar-refractivity contribution >= 4 is 17.1 Å². The smallest absolute Gasteiger partial charge is 0.333 e. The van der Waals surface area contributed by atoms with E-state index in [1.807, 2.05) is 28.8 Å². The van der Waals surface area contributed by atoms with Crippen LogP contribution in [0, 0.1) is 12.3 Å². The molecule has 0 saturated carbocycles. The van der Waals surface area contributed by atoms with E-state index in [1.165, 1.54) is 10.1 Å². The van der Waals surface area contributed by atoms with Crippen molar-refractivity contribution in [3.05, 3.63) is 50.7 Å². The van der Waals surface area contributed by atoms with Gasteiger partial charge in [0.25, 0.3) is 5.56 Å². The third-order valence-corrected chi connectivity index (χ3v) is 5.38. The summed E-state index contributed by atoms with van der Waals surface area (Å²) < 4.78 is 9.62. The van der Waals surface area contributed by atoms with Gasteiger partial charge in [0.1, 0.15) is 5.75 Å². The van der Waals surface area contributed by atoms with E-state index in [4.69, 9.17) is 11.2 Å². The normalized spacial score (nSPS) is 13.3. The zero-order valence-corrected chi connectivity index (χ0v) is 16.6. The first-order valence-electron chi connectivity index (χ1n) is 9.56. The van der Waals surface area contributed by atoms with Gasteiger partial charge >= 0.3 is 5.69 Å². The summed E-state index contributed by atoms with van der Waals surface area (Å²) in [6.45, 7) is 2.26. The highest BCUT2D eigenvalue weighted by Crippen LogP contribution is 2.24. The largest absolute Gasteiger partial charge is 0.497 e. The number of hydrogen-bond donors (Lipinski definition) is 0. The standard InChI is InChI=1S/C21H23N5O3/c1-4-11-26-19(27)17-18(23(2)21(26)28)22-20-24(12-5-13-25(17)20)14-10-15-6-8-16(29-3)9-7-15/h1,6-9H,5,10-14H2,2-3H3. The third-order valence-electron chi connectivity index (χ3n) is 5.38. The third kappa shape index (κ3) is 3.18. The number of fused-ring (bicyclic) bond motifs is 3. The van der Waals surface area contributed by atoms with Crippen molar-refractivity contribution in [3.8, 4) is 18.1 Å². The summed E-state index contributed by atoms with van der Waals surface area (Å²) in [7, 11) is 3.27. The second-order valence-corrected chi connectivity index (χ2v) is 7.11. The predicted octanol–water partition coefficient (Wildman–Crippen LogP) is 0.991. The number of imidazole rings is 1. The molecule has 1 aromatic carbocycles. The summed E-state index contributed by atoms with van der Waals surface area (Å²) in [6.07, 6.45) is 7.09. The fourth-order valence-corrected chi connectivity index (χ4v) is 3.83. The van der Waals surface area contributed by atoms with Gasteiger partial charge in [-0.15, -0.1) is 6.42 Å². The Hall–Kier alpha value is -3.47. The number of terminal acetylenes is 1. The Morgan fingerprint density at radius 2 is 1.97 bits per heavy atom. The van der Waals surface area contributed by atoms with E-state index in [9.17, 15) is 9.59 Å². The van der Waals surface area contributed by atoms with Gasteiger partial charge in [0.05, 0.1) is 13.7 Å². The minimum Gasteiger partial charge on any atom is -0.497 e. The molecule has 2 aromatic heterocycles. The highest BCUT2D eigenvalue weighted by atomic mass is 16.5. The second kappa shape index (κ2) is 7.51. The Labute approximate surface area is 168 Å². The number of anilines is 1. The first-order valence-corrected chi connectivity index (χ1v) is 9.56. The van der Waals surface area contributed by atoms with E-state index >= 15 is 0 Å². The lowest BCUT2D eigenvalue weighted by Crippen LogP contribution is -2.40. The number of hydrogen-bond acceptors (Lipinski definition) is 5. The van der Waals surface area contributed by atoms with Crippen LogP contribution in [0.15, 0.2) is 33.9 Å². The number of aryl methyl sites for hydroxylation is 2. The van der Waals surface area contributed by atoms with Crippen LogP contribution in [-0.4, -0.2) is 38.9 Å². The van der Waals surface area contributed by atoms with Gasteiger partial charge in [-0.2, -0.15) is 4.98 Å². The Morgan fingerprint density at radius 1 is 1.21 bits per heavy atom. The highest BCUT2D eigenvalue weighted by molar-refractivity contribution is 5.75. The van der Waals surface area contributed by atoms with Crippen molar-refractivity contribution in [1.82, 2.24) is 18.7 Å². The average Bonchev–Trinajstić information content (AvgIpc) is 3.14. The van der Waals surface area contributed by atoms with E-state index < -0.39 is 5.69 Å². The van der Waals surface area contributed by atoms with E-state index in [0.717, 1.165) is 42.2 Å². The summed E-state index contributed by atoms with van der Waals surface area (Å²) in [5.41, 5.74) is 1.21. The van der Waals surface area contributed by atoms with Crippen LogP contribution in [0.2, 0.25) is 0 Å². The molecule has 0 radical (unpaired) electrons. The monoisotopic (exact) mass is 393 g/mol. The molecule has 8 heteroatoms. The molecule has 1 aliphatic heterocycles. The Bertz CT molecular complexity index is 1210. The molecule has 3 aromatic rings. The van der Waals surface area contributed by atoms with Crippen molar-refractivity contribution in [2.45, 2.75) is 25.9 Å². The molecule has 0 unspecified atom stereocenters. The molecule has 0 bridgehead atoms. The van der Waals surface area contributed by atoms with Crippen molar-refractivity contribution in [2.75, 3.05) is 25.1 Å². The molecular weight excluding hydrogens is 370 g/mol. The summed E-state index contributed by atoms with van der Waals surface area (Å²) >= 11 is 0. The molecule has 0 N–H and O–H groups in total. The molecule has 0 spiro atoms. The SMILES string of the molecule is C#CCn1c(=O)c2c(nc3n2CCCN3CCc2ccc(OC)cc2)n(C)c1=O. The van der Waals surface area contributed by atoms with Crippen LogP contribution in [0.5, 0.6) is 5.75 Å². The minimum atomic E-state index is -0.444. The lowest BCUT2D eigenvalue weighted by Gasteiger charge is -2.29. The van der Waals surface area contributed by atoms with Crippen LogP contribution in [0.1, 0.15) is 12.0 Å². The molecule has 0 saturated heterocycles. The maximum atomic E-state index is 12.9. The number of rotatable bonds is 5. The molecule has 4 rings (SSSR count). The zero-order valence-electron chi connectivity index (χ0n) is 16.6. The van der Waals surface area contributed by atoms with Gasteiger partial charge < -0.3 is 14.2 Å². The van der Waals surface area contributed by atoms with Gasteiger partial charge in [0.2, 0.25) is 5.95 Å². The second-order valence-electron chi connectivity index (χ2n) is 7.11. The van der Waals surface area contributed by atoms with Crippen molar-refractivity contribution in [3.63, 3.8) is 0 Å². The highest BCUT2D eigenvalue weighted by Gasteiger charge is 2.25. The number of ether oxygens (including phenoxy) is 1. The van der Waals surface area contributed by atoms with Crippen LogP contribution in [-0.2, 0) is 26.6 Å². The van der Waals surface area contributed by atoms with Crippen LogP contribution in [0.4, 0.5) is 5.95 Å². The number of benzene rings is 1. The average molecular weight is 393 g/mol. The Balaban J connectivity index is 1.71. The van der Waals surface area contributed by atoms with Crippen molar-refractivity contribution in [2.24, 2.45) is 7.05 Å². The van der Waals surface area contributed by atoms with E-state index in [-0.39, 0.29) is 12.1 Å². The van der Waals surface area contributed by atoms with E-state index in [1.54, 1.807) is 14.2 Å². The lowest BCUT2D eigenvalue weighted by molar-refractivity contribution is 0.414. The molecule has 8 nitrogen and oxygen atoms in total. The van der Waals surface area contributed by atoms with E-state index in [2.05, 4.69) is 15.8 Å². The van der Waals surface area contributed by atoms with Gasteiger partial charge in [-0.1, -0.05) is 18.1 Å². The minimum absolute atomic E-state index is 0.0524. The summed E-state index contributed by atoms with van der Waals surface area (Å²) in [5.74, 6) is 3.94. The molecule has 29 heavy (non-hydrogen) atoms. The van der Waals surface area contributed by atoms with Gasteiger partial charge in [0, 0.05) is 26.7 Å². The van der Waals surface area contributed by atoms with Crippen LogP contribution >= 0.6 is 0 Å². The van der Waals surface area contributed by atoms with Crippen molar-refractivity contribution in [1.29, 1.82) is 0 Å². The van der Waals surface area contributed by atoms with Gasteiger partial charge in [-0.25, -0.2) is 9.36 Å². The maximum Gasteiger partial charge on any atom is 0.333 e. The van der Waals surface area contributed by atoms with Crippen molar-refractivity contribution < 1.29 is 4.74 Å². The molecule has 0 fully saturated rings. The molecule has 0 aliphatic carbocycles. The van der Waals surface area contributed by atoms with Gasteiger partial charge in [0.15, 0.2) is 11.2 Å². The molecule has 0 atom stereocenters. The summed E-state index contributed by atoms with van der Waals surface area (Å²) in [5, 5.41) is 0. The quantitative estimate of drug-likeness (QED) is 0.605. The van der Waals surface area contributed by atoms with Gasteiger partial charge in [-0.05, 0) is 30.5 Å². The maximum absolute atomic E-state index is 12.9. The molecule has 150 valence electrons. The van der Waals surface area contributed by atoms with E-state index in [0.29, 0.717) is 17.7 Å². The zero-order chi connectivity index (χ0) is 20.5. The van der Waals surface area contributed by atoms with Crippen LogP contribution < -0.4 is 20.9 Å². The predicted molar refractivity (Wildman–Crippen MR) is 112 cm³/mol. The fourth-order valence-electron chi connectivity index (χ4n) is 3.83. The first-order chi connectivity index (χ1) is 14.0. The van der Waals surface area contributed by atoms with Crippen LogP contribution in [0.3, 0.4) is 0 Å². The number of methoxy groups -OCH3 is 1. The molecular formula is C21H23N5O3. The number of aromatic nitrogens is 4. The Kier molecular flexibility index (Phi) is 4.89. The Morgan fingerprint density at radius 3 is 2.66 bits per heavy atom. The summed E-state index contributed by atoms with van der Waals surface area (Å²) in [4.78, 5) is 32.3. The molecule has 1 aliphatic rings. The molecule has 3 heterocycles. The van der Waals surface area contributed by atoms with Crippen LogP contribution in [0.25, 0.3) is 11.2 Å². The van der Waals surface area contributed by atoms with Gasteiger partial charge in [-0.3, -0.25) is 9.36 Å². The summed E-state index contributed by atoms with van der Waals surface area (Å²) in [6, 6.07) is 8.00. The lowest BCUT2D eigenvalue weighted by atomic mass is 10.1.